The van der Waals surface area contributed by atoms with Crippen molar-refractivity contribution < 1.29 is 14.6 Å². The Morgan fingerprint density at radius 3 is 2.52 bits per heavy atom. The van der Waals surface area contributed by atoms with E-state index in [0.29, 0.717) is 32.8 Å². The van der Waals surface area contributed by atoms with E-state index in [1.165, 1.54) is 0 Å². The van der Waals surface area contributed by atoms with Crippen molar-refractivity contribution in [2.45, 2.75) is 19.1 Å². The summed E-state index contributed by atoms with van der Waals surface area (Å²) < 4.78 is 5.50. The molecule has 0 bridgehead atoms. The van der Waals surface area contributed by atoms with Gasteiger partial charge in [-0.25, -0.2) is 0 Å². The molecule has 2 saturated heterocycles. The maximum Gasteiger partial charge on any atom is 0.236 e. The van der Waals surface area contributed by atoms with E-state index in [2.05, 4.69) is 9.80 Å². The molecular weight excluding hydrogens is 318 g/mol. The van der Waals surface area contributed by atoms with Crippen molar-refractivity contribution in [1.29, 1.82) is 0 Å². The Hall–Kier alpha value is -1.47. The van der Waals surface area contributed by atoms with Gasteiger partial charge in [-0.3, -0.25) is 14.6 Å². The topological polar surface area (TPSA) is 56.3 Å². The lowest BCUT2D eigenvalue weighted by Crippen LogP contribution is -2.52. The Morgan fingerprint density at radius 1 is 1.16 bits per heavy atom. The van der Waals surface area contributed by atoms with Gasteiger partial charge < -0.3 is 14.7 Å². The third-order valence-electron chi connectivity index (χ3n) is 5.03. The first kappa shape index (κ1) is 18.3. The fourth-order valence-corrected chi connectivity index (χ4v) is 3.49. The maximum absolute atomic E-state index is 12.4. The summed E-state index contributed by atoms with van der Waals surface area (Å²) in [6.45, 7) is 8.69. The Kier molecular flexibility index (Phi) is 6.42. The highest BCUT2D eigenvalue weighted by Crippen LogP contribution is 2.15. The van der Waals surface area contributed by atoms with Crippen LogP contribution in [-0.4, -0.2) is 90.8 Å². The summed E-state index contributed by atoms with van der Waals surface area (Å²) in [5.41, 5.74) is 0.960. The van der Waals surface area contributed by atoms with Gasteiger partial charge in [0.25, 0.3) is 0 Å². The summed E-state index contributed by atoms with van der Waals surface area (Å²) >= 11 is 0. The van der Waals surface area contributed by atoms with Crippen LogP contribution < -0.4 is 0 Å². The lowest BCUT2D eigenvalue weighted by Gasteiger charge is -2.37. The molecule has 0 spiro atoms. The standard InChI is InChI=1S/C19H29N3O3/c1-16-13-22(11-12-25-16)19(24)15-21-9-7-20(8-10-21)14-18(23)17-5-3-2-4-6-17/h2-6,16,18,23H,7-15H2,1H3/t16-,18-/m0/s1. The molecule has 1 N–H and O–H groups in total. The fraction of sp³-hybridized carbons (Fsp3) is 0.632. The van der Waals surface area contributed by atoms with Gasteiger partial charge in [0, 0.05) is 45.8 Å². The van der Waals surface area contributed by atoms with Gasteiger partial charge in [-0.2, -0.15) is 0 Å². The SMILES string of the molecule is C[C@H]1CN(C(=O)CN2CCN(C[C@H](O)c3ccccc3)CC2)CCO1. The number of β-amino-alcohol motifs (C(OH)–C–C–N with tert-alkyl or cyclic N) is 1. The summed E-state index contributed by atoms with van der Waals surface area (Å²) in [6.07, 6.45) is -0.321. The average molecular weight is 347 g/mol. The quantitative estimate of drug-likeness (QED) is 0.845. The molecule has 2 atom stereocenters. The van der Waals surface area contributed by atoms with Crippen LogP contribution in [0.1, 0.15) is 18.6 Å². The molecule has 1 aromatic rings. The zero-order valence-electron chi connectivity index (χ0n) is 15.0. The molecule has 0 radical (unpaired) electrons. The largest absolute Gasteiger partial charge is 0.387 e. The number of carbonyl (C=O) groups is 1. The smallest absolute Gasteiger partial charge is 0.236 e. The molecule has 0 saturated carbocycles. The Balaban J connectivity index is 1.40. The predicted octanol–water partition coefficient (Wildman–Crippen LogP) is 0.585. The predicted molar refractivity (Wildman–Crippen MR) is 96.3 cm³/mol. The van der Waals surface area contributed by atoms with E-state index in [1.54, 1.807) is 0 Å². The molecule has 138 valence electrons. The average Bonchev–Trinajstić information content (AvgIpc) is 2.64. The summed E-state index contributed by atoms with van der Waals surface area (Å²) in [5.74, 6) is 0.202. The van der Waals surface area contributed by atoms with Crippen LogP contribution in [0.5, 0.6) is 0 Å². The van der Waals surface area contributed by atoms with Gasteiger partial charge in [0.15, 0.2) is 0 Å². The molecule has 2 fully saturated rings. The number of piperazine rings is 1. The third-order valence-corrected chi connectivity index (χ3v) is 5.03. The highest BCUT2D eigenvalue weighted by Gasteiger charge is 2.25. The lowest BCUT2D eigenvalue weighted by atomic mass is 10.1. The zero-order chi connectivity index (χ0) is 17.6. The first-order chi connectivity index (χ1) is 12.1. The monoisotopic (exact) mass is 347 g/mol. The molecule has 0 aromatic heterocycles. The van der Waals surface area contributed by atoms with Crippen molar-refractivity contribution in [2.24, 2.45) is 0 Å². The Morgan fingerprint density at radius 2 is 1.84 bits per heavy atom. The minimum Gasteiger partial charge on any atom is -0.387 e. The normalized spacial score (nSPS) is 24.2. The van der Waals surface area contributed by atoms with Crippen molar-refractivity contribution in [3.05, 3.63) is 35.9 Å². The van der Waals surface area contributed by atoms with Crippen molar-refractivity contribution in [1.82, 2.24) is 14.7 Å². The van der Waals surface area contributed by atoms with Gasteiger partial charge in [0.05, 0.1) is 25.4 Å². The number of nitrogens with zero attached hydrogens (tertiary/aromatic N) is 3. The summed E-state index contributed by atoms with van der Waals surface area (Å²) in [5, 5.41) is 10.4. The van der Waals surface area contributed by atoms with Crippen molar-refractivity contribution in [2.75, 3.05) is 59.0 Å². The molecule has 6 nitrogen and oxygen atoms in total. The molecule has 3 rings (SSSR count). The molecule has 1 amide bonds. The van der Waals surface area contributed by atoms with E-state index in [-0.39, 0.29) is 12.0 Å². The maximum atomic E-state index is 12.4. The summed E-state index contributed by atoms with van der Waals surface area (Å²) in [4.78, 5) is 18.8. The van der Waals surface area contributed by atoms with Crippen LogP contribution in [0.15, 0.2) is 30.3 Å². The Labute approximate surface area is 150 Å². The number of aliphatic hydroxyl groups excluding tert-OH is 1. The van der Waals surface area contributed by atoms with Gasteiger partial charge in [0.1, 0.15) is 0 Å². The number of carbonyl (C=O) groups excluding carboxylic acids is 1. The Bertz CT molecular complexity index is 546. The van der Waals surface area contributed by atoms with Crippen LogP contribution in [0, 0.1) is 0 Å². The second-order valence-electron chi connectivity index (χ2n) is 7.02. The number of hydrogen-bond donors (Lipinski definition) is 1. The number of morpholine rings is 1. The first-order valence-electron chi connectivity index (χ1n) is 9.19. The highest BCUT2D eigenvalue weighted by molar-refractivity contribution is 5.78. The van der Waals surface area contributed by atoms with Gasteiger partial charge in [-0.15, -0.1) is 0 Å². The summed E-state index contributed by atoms with van der Waals surface area (Å²) in [6, 6.07) is 9.79. The third kappa shape index (κ3) is 5.25. The lowest BCUT2D eigenvalue weighted by molar-refractivity contribution is -0.139. The molecule has 0 aliphatic carbocycles. The minimum absolute atomic E-state index is 0.133. The van der Waals surface area contributed by atoms with Crippen molar-refractivity contribution in [3.8, 4) is 0 Å². The van der Waals surface area contributed by atoms with Crippen LogP contribution in [0.25, 0.3) is 0 Å². The van der Waals surface area contributed by atoms with Gasteiger partial charge in [-0.1, -0.05) is 30.3 Å². The number of amides is 1. The fourth-order valence-electron chi connectivity index (χ4n) is 3.49. The molecule has 25 heavy (non-hydrogen) atoms. The number of rotatable bonds is 5. The zero-order valence-corrected chi connectivity index (χ0v) is 15.0. The molecular formula is C19H29N3O3. The van der Waals surface area contributed by atoms with E-state index < -0.39 is 6.10 Å². The minimum atomic E-state index is -0.454. The number of hydrogen-bond acceptors (Lipinski definition) is 5. The molecule has 2 heterocycles. The van der Waals surface area contributed by atoms with Crippen LogP contribution in [0.2, 0.25) is 0 Å². The molecule has 0 unspecified atom stereocenters. The highest BCUT2D eigenvalue weighted by atomic mass is 16.5. The molecule has 1 aromatic carbocycles. The molecule has 2 aliphatic rings. The van der Waals surface area contributed by atoms with Gasteiger partial charge in [-0.05, 0) is 12.5 Å². The van der Waals surface area contributed by atoms with E-state index >= 15 is 0 Å². The van der Waals surface area contributed by atoms with E-state index in [0.717, 1.165) is 31.7 Å². The van der Waals surface area contributed by atoms with Gasteiger partial charge in [0.2, 0.25) is 5.91 Å². The van der Waals surface area contributed by atoms with Crippen LogP contribution >= 0.6 is 0 Å². The van der Waals surface area contributed by atoms with Crippen molar-refractivity contribution >= 4 is 5.91 Å². The van der Waals surface area contributed by atoms with Crippen LogP contribution in [-0.2, 0) is 9.53 Å². The number of aliphatic hydroxyl groups is 1. The van der Waals surface area contributed by atoms with E-state index in [4.69, 9.17) is 4.74 Å². The molecule has 6 heteroatoms. The number of ether oxygens (including phenoxy) is 1. The van der Waals surface area contributed by atoms with Gasteiger partial charge >= 0.3 is 0 Å². The van der Waals surface area contributed by atoms with E-state index in [9.17, 15) is 9.90 Å². The van der Waals surface area contributed by atoms with Crippen LogP contribution in [0.4, 0.5) is 0 Å². The summed E-state index contributed by atoms with van der Waals surface area (Å²) in [7, 11) is 0. The molecule has 2 aliphatic heterocycles. The number of benzene rings is 1. The second-order valence-corrected chi connectivity index (χ2v) is 7.02. The van der Waals surface area contributed by atoms with Crippen molar-refractivity contribution in [3.63, 3.8) is 0 Å². The first-order valence-corrected chi connectivity index (χ1v) is 9.19. The van der Waals surface area contributed by atoms with Crippen LogP contribution in [0.3, 0.4) is 0 Å². The second kappa shape index (κ2) is 8.76. The van der Waals surface area contributed by atoms with E-state index in [1.807, 2.05) is 42.2 Å².